The van der Waals surface area contributed by atoms with Crippen LogP contribution >= 0.6 is 12.4 Å². The molecule has 0 saturated carbocycles. The summed E-state index contributed by atoms with van der Waals surface area (Å²) < 4.78 is 2.01. The van der Waals surface area contributed by atoms with Crippen LogP contribution in [0, 0.1) is 0 Å². The normalized spacial score (nSPS) is 14.1. The van der Waals surface area contributed by atoms with Crippen molar-refractivity contribution in [2.45, 2.75) is 38.8 Å². The number of nitrogens with zero attached hydrogens (tertiary/aromatic N) is 2. The summed E-state index contributed by atoms with van der Waals surface area (Å²) in [6.45, 7) is 2.13. The number of halogens is 1. The number of rotatable bonds is 4. The van der Waals surface area contributed by atoms with Crippen LogP contribution in [0.5, 0.6) is 0 Å². The van der Waals surface area contributed by atoms with Gasteiger partial charge in [-0.3, -0.25) is 4.79 Å². The molecule has 0 saturated heterocycles. The summed E-state index contributed by atoms with van der Waals surface area (Å²) in [5, 5.41) is 7.55. The number of nitrogens with two attached hydrogens (primary N) is 1. The van der Waals surface area contributed by atoms with Crippen LogP contribution in [0.15, 0.2) is 30.3 Å². The van der Waals surface area contributed by atoms with Gasteiger partial charge < -0.3 is 11.1 Å². The first-order valence-electron chi connectivity index (χ1n) is 7.35. The number of hydrogen-bond donors (Lipinski definition) is 2. The van der Waals surface area contributed by atoms with E-state index in [4.69, 9.17) is 10.8 Å². The number of hydrogen-bond acceptors (Lipinski definition) is 3. The summed E-state index contributed by atoms with van der Waals surface area (Å²) in [4.78, 5) is 11.6. The van der Waals surface area contributed by atoms with Gasteiger partial charge in [0.15, 0.2) is 0 Å². The van der Waals surface area contributed by atoms with Crippen molar-refractivity contribution in [3.05, 3.63) is 47.3 Å². The molecule has 2 aromatic rings. The third-order valence-corrected chi connectivity index (χ3v) is 3.86. The summed E-state index contributed by atoms with van der Waals surface area (Å²) in [7, 11) is 0. The average molecular weight is 321 g/mol. The number of aromatic nitrogens is 2. The SMILES string of the molecule is C[C@@H](N)C(=O)NCc1nn(-c2ccccc2)c2c1CCC2.Cl. The van der Waals surface area contributed by atoms with E-state index in [1.54, 1.807) is 6.92 Å². The lowest BCUT2D eigenvalue weighted by Crippen LogP contribution is -2.38. The quantitative estimate of drug-likeness (QED) is 0.901. The van der Waals surface area contributed by atoms with Crippen molar-refractivity contribution in [2.75, 3.05) is 0 Å². The second-order valence-electron chi connectivity index (χ2n) is 5.48. The highest BCUT2D eigenvalue weighted by molar-refractivity contribution is 5.85. The molecule has 0 unspecified atom stereocenters. The van der Waals surface area contributed by atoms with Gasteiger partial charge in [0.2, 0.25) is 5.91 Å². The van der Waals surface area contributed by atoms with Crippen molar-refractivity contribution in [3.63, 3.8) is 0 Å². The highest BCUT2D eigenvalue weighted by atomic mass is 35.5. The van der Waals surface area contributed by atoms with Crippen LogP contribution in [0.3, 0.4) is 0 Å². The number of carbonyl (C=O) groups is 1. The Labute approximate surface area is 136 Å². The molecule has 0 radical (unpaired) electrons. The molecule has 1 aliphatic rings. The Morgan fingerprint density at radius 1 is 1.36 bits per heavy atom. The number of fused-ring (bicyclic) bond motifs is 1. The average Bonchev–Trinajstić information content (AvgIpc) is 3.08. The van der Waals surface area contributed by atoms with E-state index in [0.29, 0.717) is 6.54 Å². The zero-order valence-corrected chi connectivity index (χ0v) is 13.4. The van der Waals surface area contributed by atoms with Crippen LogP contribution < -0.4 is 11.1 Å². The molecule has 118 valence electrons. The van der Waals surface area contributed by atoms with Gasteiger partial charge >= 0.3 is 0 Å². The molecule has 1 amide bonds. The Bertz CT molecular complexity index is 652. The number of nitrogens with one attached hydrogen (secondary N) is 1. The fourth-order valence-corrected chi connectivity index (χ4v) is 2.77. The second kappa shape index (κ2) is 6.94. The van der Waals surface area contributed by atoms with Crippen LogP contribution in [0.25, 0.3) is 5.69 Å². The van der Waals surface area contributed by atoms with E-state index >= 15 is 0 Å². The Hall–Kier alpha value is -1.85. The molecule has 3 rings (SSSR count). The third kappa shape index (κ3) is 3.15. The minimum Gasteiger partial charge on any atom is -0.349 e. The Morgan fingerprint density at radius 3 is 2.77 bits per heavy atom. The van der Waals surface area contributed by atoms with Crippen molar-refractivity contribution in [1.82, 2.24) is 15.1 Å². The van der Waals surface area contributed by atoms with Gasteiger partial charge in [-0.2, -0.15) is 5.10 Å². The van der Waals surface area contributed by atoms with E-state index in [-0.39, 0.29) is 18.3 Å². The molecule has 1 aromatic heterocycles. The minimum atomic E-state index is -0.491. The maximum atomic E-state index is 11.6. The predicted molar refractivity (Wildman–Crippen MR) is 88.3 cm³/mol. The number of carbonyl (C=O) groups excluding carboxylic acids is 1. The number of para-hydroxylation sites is 1. The lowest BCUT2D eigenvalue weighted by molar-refractivity contribution is -0.122. The summed E-state index contributed by atoms with van der Waals surface area (Å²) in [6.07, 6.45) is 3.22. The number of benzene rings is 1. The summed E-state index contributed by atoms with van der Waals surface area (Å²) in [5.41, 5.74) is 10.2. The smallest absolute Gasteiger partial charge is 0.236 e. The maximum Gasteiger partial charge on any atom is 0.236 e. The highest BCUT2D eigenvalue weighted by Crippen LogP contribution is 2.27. The van der Waals surface area contributed by atoms with Crippen molar-refractivity contribution in [1.29, 1.82) is 0 Å². The zero-order valence-electron chi connectivity index (χ0n) is 12.6. The van der Waals surface area contributed by atoms with Crippen LogP contribution in [0.4, 0.5) is 0 Å². The van der Waals surface area contributed by atoms with E-state index in [1.165, 1.54) is 11.3 Å². The topological polar surface area (TPSA) is 72.9 Å². The molecule has 1 aliphatic carbocycles. The molecule has 0 spiro atoms. The first kappa shape index (κ1) is 16.5. The van der Waals surface area contributed by atoms with Crippen LogP contribution in [0.2, 0.25) is 0 Å². The van der Waals surface area contributed by atoms with Gasteiger partial charge in [0.05, 0.1) is 24.0 Å². The molecule has 1 heterocycles. The molecule has 1 aromatic carbocycles. The van der Waals surface area contributed by atoms with E-state index in [9.17, 15) is 4.79 Å². The first-order chi connectivity index (χ1) is 10.2. The highest BCUT2D eigenvalue weighted by Gasteiger charge is 2.23. The second-order valence-corrected chi connectivity index (χ2v) is 5.48. The minimum absolute atomic E-state index is 0. The fraction of sp³-hybridized carbons (Fsp3) is 0.375. The molecule has 0 fully saturated rings. The maximum absolute atomic E-state index is 11.6. The van der Waals surface area contributed by atoms with Gasteiger partial charge in [0, 0.05) is 5.69 Å². The fourth-order valence-electron chi connectivity index (χ4n) is 2.77. The molecule has 6 heteroatoms. The van der Waals surface area contributed by atoms with Gasteiger partial charge in [-0.05, 0) is 43.9 Å². The van der Waals surface area contributed by atoms with Gasteiger partial charge in [-0.25, -0.2) is 4.68 Å². The third-order valence-electron chi connectivity index (χ3n) is 3.86. The van der Waals surface area contributed by atoms with Crippen molar-refractivity contribution >= 4 is 18.3 Å². The first-order valence-corrected chi connectivity index (χ1v) is 7.35. The molecule has 5 nitrogen and oxygen atoms in total. The van der Waals surface area contributed by atoms with Crippen LogP contribution in [-0.2, 0) is 24.2 Å². The molecule has 0 aliphatic heterocycles. The Kier molecular flexibility index (Phi) is 5.21. The summed E-state index contributed by atoms with van der Waals surface area (Å²) >= 11 is 0. The van der Waals surface area contributed by atoms with E-state index in [0.717, 1.165) is 30.6 Å². The Morgan fingerprint density at radius 2 is 2.09 bits per heavy atom. The van der Waals surface area contributed by atoms with Gasteiger partial charge in [-0.15, -0.1) is 12.4 Å². The van der Waals surface area contributed by atoms with Crippen molar-refractivity contribution in [2.24, 2.45) is 5.73 Å². The molecule has 22 heavy (non-hydrogen) atoms. The van der Waals surface area contributed by atoms with Gasteiger partial charge in [-0.1, -0.05) is 18.2 Å². The largest absolute Gasteiger partial charge is 0.349 e. The zero-order chi connectivity index (χ0) is 14.8. The molecule has 3 N–H and O–H groups in total. The van der Waals surface area contributed by atoms with Crippen LogP contribution in [0.1, 0.15) is 30.3 Å². The number of amides is 1. The molecular formula is C16H21ClN4O. The Balaban J connectivity index is 0.00000176. The monoisotopic (exact) mass is 320 g/mol. The lowest BCUT2D eigenvalue weighted by Gasteiger charge is -2.07. The van der Waals surface area contributed by atoms with E-state index in [2.05, 4.69) is 17.4 Å². The predicted octanol–water partition coefficient (Wildman–Crippen LogP) is 1.75. The summed E-state index contributed by atoms with van der Waals surface area (Å²) in [6, 6.07) is 9.63. The van der Waals surface area contributed by atoms with Gasteiger partial charge in [0.25, 0.3) is 0 Å². The van der Waals surface area contributed by atoms with Crippen molar-refractivity contribution in [3.8, 4) is 5.69 Å². The molecule has 1 atom stereocenters. The van der Waals surface area contributed by atoms with Crippen LogP contribution in [-0.4, -0.2) is 21.7 Å². The molecular weight excluding hydrogens is 300 g/mol. The molecule has 0 bridgehead atoms. The standard InChI is InChI=1S/C16H20N4O.ClH/c1-11(17)16(21)18-10-14-13-8-5-9-15(13)20(19-14)12-6-3-2-4-7-12;/h2-4,6-7,11H,5,8-10,17H2,1H3,(H,18,21);1H/t11-;/m1./s1. The van der Waals surface area contributed by atoms with Gasteiger partial charge in [0.1, 0.15) is 0 Å². The van der Waals surface area contributed by atoms with Crippen molar-refractivity contribution < 1.29 is 4.79 Å². The summed E-state index contributed by atoms with van der Waals surface area (Å²) in [5.74, 6) is -0.143. The lowest BCUT2D eigenvalue weighted by atomic mass is 10.2. The van der Waals surface area contributed by atoms with E-state index < -0.39 is 6.04 Å². The van der Waals surface area contributed by atoms with E-state index in [1.807, 2.05) is 22.9 Å².